The normalized spacial score (nSPS) is 16.8. The number of carbonyl (C=O) groups excluding carboxylic acids is 1. The summed E-state index contributed by atoms with van der Waals surface area (Å²) >= 11 is 0. The summed E-state index contributed by atoms with van der Waals surface area (Å²) in [6.07, 6.45) is 2.74. The molecule has 0 saturated heterocycles. The summed E-state index contributed by atoms with van der Waals surface area (Å²) in [5.74, 6) is 0.105. The molecular weight excluding hydrogens is 180 g/mol. The standard InChI is InChI=1S/C10H20N2O2/c1-10(2,7-13)11-6-5-9(14)12-8-3-4-8/h8,11,13H,3-7H2,1-2H3,(H,12,14). The highest BCUT2D eigenvalue weighted by atomic mass is 16.3. The maximum absolute atomic E-state index is 11.3. The molecule has 0 aromatic carbocycles. The van der Waals surface area contributed by atoms with Crippen LogP contribution < -0.4 is 10.6 Å². The lowest BCUT2D eigenvalue weighted by atomic mass is 10.1. The largest absolute Gasteiger partial charge is 0.394 e. The first-order valence-corrected chi connectivity index (χ1v) is 5.19. The van der Waals surface area contributed by atoms with E-state index < -0.39 is 0 Å². The predicted molar refractivity (Wildman–Crippen MR) is 54.9 cm³/mol. The van der Waals surface area contributed by atoms with E-state index in [0.29, 0.717) is 19.0 Å². The van der Waals surface area contributed by atoms with Crippen LogP contribution in [-0.2, 0) is 4.79 Å². The molecule has 0 radical (unpaired) electrons. The average molecular weight is 200 g/mol. The van der Waals surface area contributed by atoms with Crippen LogP contribution in [0.3, 0.4) is 0 Å². The van der Waals surface area contributed by atoms with Crippen LogP contribution in [0, 0.1) is 0 Å². The first-order valence-electron chi connectivity index (χ1n) is 5.19. The molecule has 0 aromatic rings. The van der Waals surface area contributed by atoms with Gasteiger partial charge in [0.15, 0.2) is 0 Å². The van der Waals surface area contributed by atoms with E-state index in [1.165, 1.54) is 0 Å². The zero-order valence-electron chi connectivity index (χ0n) is 8.97. The van der Waals surface area contributed by atoms with Gasteiger partial charge in [-0.15, -0.1) is 0 Å². The van der Waals surface area contributed by atoms with Crippen molar-refractivity contribution in [1.29, 1.82) is 0 Å². The van der Waals surface area contributed by atoms with Gasteiger partial charge in [-0.25, -0.2) is 0 Å². The zero-order valence-corrected chi connectivity index (χ0v) is 8.97. The van der Waals surface area contributed by atoms with Gasteiger partial charge < -0.3 is 15.7 Å². The molecule has 0 atom stereocenters. The van der Waals surface area contributed by atoms with Crippen LogP contribution >= 0.6 is 0 Å². The number of hydrogen-bond acceptors (Lipinski definition) is 3. The van der Waals surface area contributed by atoms with Gasteiger partial charge in [-0.05, 0) is 26.7 Å². The number of aliphatic hydroxyl groups excluding tert-OH is 1. The van der Waals surface area contributed by atoms with Crippen LogP contribution in [0.4, 0.5) is 0 Å². The van der Waals surface area contributed by atoms with Crippen molar-refractivity contribution < 1.29 is 9.90 Å². The van der Waals surface area contributed by atoms with E-state index in [1.54, 1.807) is 0 Å². The van der Waals surface area contributed by atoms with Gasteiger partial charge >= 0.3 is 0 Å². The van der Waals surface area contributed by atoms with Gasteiger partial charge in [0.1, 0.15) is 0 Å². The Bertz CT molecular complexity index is 200. The molecule has 0 heterocycles. The van der Waals surface area contributed by atoms with E-state index in [2.05, 4.69) is 10.6 Å². The van der Waals surface area contributed by atoms with Gasteiger partial charge in [0.2, 0.25) is 5.91 Å². The molecule has 1 aliphatic rings. The maximum atomic E-state index is 11.3. The van der Waals surface area contributed by atoms with Crippen LogP contribution in [0.15, 0.2) is 0 Å². The molecule has 0 unspecified atom stereocenters. The summed E-state index contributed by atoms with van der Waals surface area (Å²) < 4.78 is 0. The molecule has 82 valence electrons. The van der Waals surface area contributed by atoms with Gasteiger partial charge in [-0.2, -0.15) is 0 Å². The summed E-state index contributed by atoms with van der Waals surface area (Å²) in [6, 6.07) is 0.438. The Hall–Kier alpha value is -0.610. The molecule has 4 nitrogen and oxygen atoms in total. The van der Waals surface area contributed by atoms with E-state index in [1.807, 2.05) is 13.8 Å². The minimum absolute atomic E-state index is 0.0806. The fourth-order valence-corrected chi connectivity index (χ4v) is 1.10. The third kappa shape index (κ3) is 4.58. The van der Waals surface area contributed by atoms with Crippen molar-refractivity contribution in [1.82, 2.24) is 10.6 Å². The van der Waals surface area contributed by atoms with Crippen molar-refractivity contribution in [3.63, 3.8) is 0 Å². The highest BCUT2D eigenvalue weighted by molar-refractivity contribution is 5.76. The van der Waals surface area contributed by atoms with Crippen LogP contribution in [0.25, 0.3) is 0 Å². The number of hydrogen-bond donors (Lipinski definition) is 3. The summed E-state index contributed by atoms with van der Waals surface area (Å²) in [7, 11) is 0. The van der Waals surface area contributed by atoms with Crippen molar-refractivity contribution in [2.45, 2.75) is 44.7 Å². The quantitative estimate of drug-likeness (QED) is 0.566. The molecule has 1 aliphatic carbocycles. The fraction of sp³-hybridized carbons (Fsp3) is 0.900. The van der Waals surface area contributed by atoms with Gasteiger partial charge in [0.05, 0.1) is 6.61 Å². The molecule has 1 amide bonds. The summed E-state index contributed by atoms with van der Waals surface area (Å²) in [6.45, 7) is 4.51. The summed E-state index contributed by atoms with van der Waals surface area (Å²) in [5, 5.41) is 15.0. The Kier molecular flexibility index (Phi) is 3.89. The van der Waals surface area contributed by atoms with Crippen LogP contribution in [-0.4, -0.2) is 35.7 Å². The van der Waals surface area contributed by atoms with E-state index in [0.717, 1.165) is 12.8 Å². The first kappa shape index (κ1) is 11.5. The minimum atomic E-state index is -0.292. The minimum Gasteiger partial charge on any atom is -0.394 e. The molecule has 1 rings (SSSR count). The van der Waals surface area contributed by atoms with Crippen molar-refractivity contribution in [3.05, 3.63) is 0 Å². The molecule has 0 aromatic heterocycles. The monoisotopic (exact) mass is 200 g/mol. The van der Waals surface area contributed by atoms with E-state index >= 15 is 0 Å². The van der Waals surface area contributed by atoms with Crippen molar-refractivity contribution >= 4 is 5.91 Å². The number of amides is 1. The van der Waals surface area contributed by atoms with Crippen molar-refractivity contribution in [2.24, 2.45) is 0 Å². The summed E-state index contributed by atoms with van der Waals surface area (Å²) in [4.78, 5) is 11.3. The second-order valence-corrected chi connectivity index (χ2v) is 4.56. The van der Waals surface area contributed by atoms with Crippen molar-refractivity contribution in [3.8, 4) is 0 Å². The third-order valence-corrected chi connectivity index (χ3v) is 2.29. The summed E-state index contributed by atoms with van der Waals surface area (Å²) in [5.41, 5.74) is -0.292. The lowest BCUT2D eigenvalue weighted by molar-refractivity contribution is -0.121. The van der Waals surface area contributed by atoms with Gasteiger partial charge in [-0.3, -0.25) is 4.79 Å². The zero-order chi connectivity index (χ0) is 10.6. The predicted octanol–water partition coefficient (Wildman–Crippen LogP) is 0.0156. The average Bonchev–Trinajstić information content (AvgIpc) is 2.88. The fourth-order valence-electron chi connectivity index (χ4n) is 1.10. The lowest BCUT2D eigenvalue weighted by Crippen LogP contribution is -2.44. The van der Waals surface area contributed by atoms with E-state index in [9.17, 15) is 4.79 Å². The molecular formula is C10H20N2O2. The second-order valence-electron chi connectivity index (χ2n) is 4.56. The Morgan fingerprint density at radius 2 is 2.14 bits per heavy atom. The Labute approximate surface area is 85.1 Å². The molecule has 1 saturated carbocycles. The molecule has 14 heavy (non-hydrogen) atoms. The number of nitrogens with one attached hydrogen (secondary N) is 2. The smallest absolute Gasteiger partial charge is 0.221 e. The highest BCUT2D eigenvalue weighted by Gasteiger charge is 2.23. The molecule has 0 aliphatic heterocycles. The molecule has 3 N–H and O–H groups in total. The van der Waals surface area contributed by atoms with Gasteiger partial charge in [0.25, 0.3) is 0 Å². The molecule has 0 spiro atoms. The third-order valence-electron chi connectivity index (χ3n) is 2.29. The van der Waals surface area contributed by atoms with Crippen LogP contribution in [0.2, 0.25) is 0 Å². The lowest BCUT2D eigenvalue weighted by Gasteiger charge is -2.23. The number of carbonyl (C=O) groups is 1. The van der Waals surface area contributed by atoms with E-state index in [4.69, 9.17) is 5.11 Å². The van der Waals surface area contributed by atoms with Crippen LogP contribution in [0.5, 0.6) is 0 Å². The SMILES string of the molecule is CC(C)(CO)NCCC(=O)NC1CC1. The topological polar surface area (TPSA) is 61.4 Å². The first-order chi connectivity index (χ1) is 6.53. The number of aliphatic hydroxyl groups is 1. The van der Waals surface area contributed by atoms with Crippen molar-refractivity contribution in [2.75, 3.05) is 13.2 Å². The maximum Gasteiger partial charge on any atom is 0.221 e. The Morgan fingerprint density at radius 3 is 2.64 bits per heavy atom. The molecule has 0 bridgehead atoms. The molecule has 4 heteroatoms. The Balaban J connectivity index is 2.04. The second kappa shape index (κ2) is 4.75. The van der Waals surface area contributed by atoms with Crippen LogP contribution in [0.1, 0.15) is 33.1 Å². The van der Waals surface area contributed by atoms with E-state index in [-0.39, 0.29) is 18.1 Å². The number of rotatable bonds is 6. The highest BCUT2D eigenvalue weighted by Crippen LogP contribution is 2.18. The van der Waals surface area contributed by atoms with Gasteiger partial charge in [0, 0.05) is 24.5 Å². The Morgan fingerprint density at radius 1 is 1.50 bits per heavy atom. The van der Waals surface area contributed by atoms with Gasteiger partial charge in [-0.1, -0.05) is 0 Å². The molecule has 1 fully saturated rings.